The molecular weight excluding hydrogens is 346 g/mol. The van der Waals surface area contributed by atoms with Crippen LogP contribution in [0.2, 0.25) is 0 Å². The second-order valence-corrected chi connectivity index (χ2v) is 6.47. The number of piperazine rings is 1. The maximum absolute atomic E-state index is 12.4. The molecule has 1 aromatic carbocycles. The van der Waals surface area contributed by atoms with Gasteiger partial charge < -0.3 is 24.4 Å². The van der Waals surface area contributed by atoms with Gasteiger partial charge >= 0.3 is 6.03 Å². The summed E-state index contributed by atoms with van der Waals surface area (Å²) in [5.41, 5.74) is 1.04. The number of urea groups is 1. The summed E-state index contributed by atoms with van der Waals surface area (Å²) in [6, 6.07) is 7.48. The monoisotopic (exact) mass is 371 g/mol. The molecule has 8 heteroatoms. The predicted octanol–water partition coefficient (Wildman–Crippen LogP) is 1.34. The summed E-state index contributed by atoms with van der Waals surface area (Å²) in [6.45, 7) is 3.10. The summed E-state index contributed by atoms with van der Waals surface area (Å²) < 4.78 is 7.11. The van der Waals surface area contributed by atoms with E-state index in [9.17, 15) is 9.59 Å². The van der Waals surface area contributed by atoms with Crippen molar-refractivity contribution >= 4 is 11.9 Å². The number of hydrogen-bond acceptors (Lipinski definition) is 4. The van der Waals surface area contributed by atoms with Crippen LogP contribution in [0.5, 0.6) is 5.75 Å². The van der Waals surface area contributed by atoms with E-state index in [-0.39, 0.29) is 18.5 Å². The summed E-state index contributed by atoms with van der Waals surface area (Å²) in [4.78, 5) is 32.0. The average Bonchev–Trinajstić information content (AvgIpc) is 3.21. The van der Waals surface area contributed by atoms with Gasteiger partial charge in [-0.1, -0.05) is 12.1 Å². The van der Waals surface area contributed by atoms with Crippen LogP contribution in [0.1, 0.15) is 12.0 Å². The Bertz CT molecular complexity index is 745. The van der Waals surface area contributed by atoms with Crippen molar-refractivity contribution in [2.24, 2.45) is 0 Å². The normalized spacial score (nSPS) is 14.3. The molecule has 1 fully saturated rings. The highest BCUT2D eigenvalue weighted by molar-refractivity contribution is 5.85. The lowest BCUT2D eigenvalue weighted by Gasteiger charge is -2.34. The highest BCUT2D eigenvalue weighted by Crippen LogP contribution is 2.14. The van der Waals surface area contributed by atoms with E-state index in [0.29, 0.717) is 26.2 Å². The van der Waals surface area contributed by atoms with Crippen LogP contribution in [-0.2, 0) is 17.9 Å². The van der Waals surface area contributed by atoms with E-state index in [1.54, 1.807) is 29.4 Å². The minimum atomic E-state index is -0.182. The number of nitrogens with zero attached hydrogens (tertiary/aromatic N) is 4. The van der Waals surface area contributed by atoms with Gasteiger partial charge in [0.1, 0.15) is 12.3 Å². The molecule has 3 rings (SSSR count). The van der Waals surface area contributed by atoms with Crippen molar-refractivity contribution in [3.8, 4) is 5.75 Å². The molecule has 2 heterocycles. The molecule has 0 atom stereocenters. The van der Waals surface area contributed by atoms with Crippen LogP contribution in [0.25, 0.3) is 0 Å². The first-order chi connectivity index (χ1) is 13.2. The molecule has 0 bridgehead atoms. The van der Waals surface area contributed by atoms with Gasteiger partial charge in [-0.15, -0.1) is 0 Å². The number of aryl methyl sites for hydroxylation is 1. The number of ether oxygens (including phenoxy) is 1. The molecular formula is C19H25N5O3. The average molecular weight is 371 g/mol. The van der Waals surface area contributed by atoms with E-state index < -0.39 is 0 Å². The first-order valence-electron chi connectivity index (χ1n) is 9.05. The van der Waals surface area contributed by atoms with Crippen LogP contribution in [-0.4, -0.2) is 64.6 Å². The van der Waals surface area contributed by atoms with Crippen LogP contribution < -0.4 is 10.1 Å². The van der Waals surface area contributed by atoms with E-state index in [2.05, 4.69) is 10.3 Å². The standard InChI is InChI=1S/C19H25N5O3/c1-27-17-5-3-16(4-6-17)13-23-11-12-24(14-18(23)25)19(26)21-7-2-9-22-10-8-20-15-22/h3-6,8,10,15H,2,7,9,11-14H2,1H3,(H,21,26). The summed E-state index contributed by atoms with van der Waals surface area (Å²) >= 11 is 0. The molecule has 27 heavy (non-hydrogen) atoms. The Balaban J connectivity index is 1.40. The molecule has 1 N–H and O–H groups in total. The van der Waals surface area contributed by atoms with Crippen LogP contribution in [0, 0.1) is 0 Å². The van der Waals surface area contributed by atoms with Crippen LogP contribution in [0.4, 0.5) is 4.79 Å². The third-order valence-electron chi connectivity index (χ3n) is 4.57. The number of benzene rings is 1. The second-order valence-electron chi connectivity index (χ2n) is 6.47. The number of nitrogens with one attached hydrogen (secondary N) is 1. The molecule has 0 spiro atoms. The Morgan fingerprint density at radius 3 is 2.74 bits per heavy atom. The summed E-state index contributed by atoms with van der Waals surface area (Å²) in [7, 11) is 1.63. The topological polar surface area (TPSA) is 79.7 Å². The number of carbonyl (C=O) groups excluding carboxylic acids is 2. The van der Waals surface area contributed by atoms with Crippen molar-refractivity contribution in [1.29, 1.82) is 0 Å². The Kier molecular flexibility index (Phi) is 6.30. The highest BCUT2D eigenvalue weighted by Gasteiger charge is 2.26. The predicted molar refractivity (Wildman–Crippen MR) is 100 cm³/mol. The van der Waals surface area contributed by atoms with Crippen molar-refractivity contribution < 1.29 is 14.3 Å². The van der Waals surface area contributed by atoms with Crippen LogP contribution >= 0.6 is 0 Å². The Labute approximate surface area is 158 Å². The smallest absolute Gasteiger partial charge is 0.317 e. The van der Waals surface area contributed by atoms with E-state index in [1.165, 1.54) is 0 Å². The molecule has 0 radical (unpaired) electrons. The van der Waals surface area contributed by atoms with Gasteiger partial charge in [0.15, 0.2) is 0 Å². The number of aromatic nitrogens is 2. The summed E-state index contributed by atoms with van der Waals surface area (Å²) in [6.07, 6.45) is 6.19. The molecule has 1 aliphatic heterocycles. The van der Waals surface area contributed by atoms with Crippen molar-refractivity contribution in [1.82, 2.24) is 24.7 Å². The zero-order valence-electron chi connectivity index (χ0n) is 15.5. The first kappa shape index (κ1) is 18.8. The molecule has 144 valence electrons. The summed E-state index contributed by atoms with van der Waals surface area (Å²) in [5, 5.41) is 2.88. The lowest BCUT2D eigenvalue weighted by Crippen LogP contribution is -2.54. The quantitative estimate of drug-likeness (QED) is 0.745. The Morgan fingerprint density at radius 1 is 1.26 bits per heavy atom. The van der Waals surface area contributed by atoms with Gasteiger partial charge in [-0.2, -0.15) is 0 Å². The van der Waals surface area contributed by atoms with Crippen molar-refractivity contribution in [3.63, 3.8) is 0 Å². The first-order valence-corrected chi connectivity index (χ1v) is 9.05. The maximum Gasteiger partial charge on any atom is 0.317 e. The zero-order chi connectivity index (χ0) is 19.1. The van der Waals surface area contributed by atoms with E-state index >= 15 is 0 Å². The van der Waals surface area contributed by atoms with Gasteiger partial charge in [0.05, 0.1) is 13.4 Å². The zero-order valence-corrected chi connectivity index (χ0v) is 15.5. The third-order valence-corrected chi connectivity index (χ3v) is 4.57. The highest BCUT2D eigenvalue weighted by atomic mass is 16.5. The third kappa shape index (κ3) is 5.22. The van der Waals surface area contributed by atoms with Crippen LogP contribution in [0.3, 0.4) is 0 Å². The number of methoxy groups -OCH3 is 1. The Morgan fingerprint density at radius 2 is 2.07 bits per heavy atom. The van der Waals surface area contributed by atoms with Gasteiger partial charge in [-0.3, -0.25) is 4.79 Å². The Hall–Kier alpha value is -3.03. The minimum Gasteiger partial charge on any atom is -0.497 e. The largest absolute Gasteiger partial charge is 0.497 e. The fourth-order valence-corrected chi connectivity index (χ4v) is 2.99. The molecule has 0 aliphatic carbocycles. The second kappa shape index (κ2) is 9.07. The number of imidazole rings is 1. The van der Waals surface area contributed by atoms with Gasteiger partial charge in [0, 0.05) is 45.1 Å². The fourth-order valence-electron chi connectivity index (χ4n) is 2.99. The van der Waals surface area contributed by atoms with Gasteiger partial charge in [-0.25, -0.2) is 9.78 Å². The maximum atomic E-state index is 12.4. The van der Waals surface area contributed by atoms with Gasteiger partial charge in [0.25, 0.3) is 0 Å². The summed E-state index contributed by atoms with van der Waals surface area (Å²) in [5.74, 6) is 0.755. The molecule has 8 nitrogen and oxygen atoms in total. The molecule has 3 amide bonds. The lowest BCUT2D eigenvalue weighted by molar-refractivity contribution is -0.135. The molecule has 0 unspecified atom stereocenters. The van der Waals surface area contributed by atoms with Gasteiger partial charge in [-0.05, 0) is 24.1 Å². The van der Waals surface area contributed by atoms with Crippen molar-refractivity contribution in [2.45, 2.75) is 19.5 Å². The molecule has 1 saturated heterocycles. The van der Waals surface area contributed by atoms with E-state index in [1.807, 2.05) is 35.0 Å². The molecule has 0 saturated carbocycles. The van der Waals surface area contributed by atoms with Crippen molar-refractivity contribution in [2.75, 3.05) is 33.3 Å². The molecule has 2 aromatic rings. The SMILES string of the molecule is COc1ccc(CN2CCN(C(=O)NCCCn3ccnc3)CC2=O)cc1. The molecule has 1 aromatic heterocycles. The minimum absolute atomic E-state index is 0.0365. The van der Waals surface area contributed by atoms with Crippen molar-refractivity contribution in [3.05, 3.63) is 48.5 Å². The molecule has 1 aliphatic rings. The number of amides is 3. The van der Waals surface area contributed by atoms with Crippen LogP contribution in [0.15, 0.2) is 43.0 Å². The van der Waals surface area contributed by atoms with E-state index in [4.69, 9.17) is 4.74 Å². The lowest BCUT2D eigenvalue weighted by atomic mass is 10.2. The fraction of sp³-hybridized carbons (Fsp3) is 0.421. The number of hydrogen-bond donors (Lipinski definition) is 1. The number of carbonyl (C=O) groups is 2. The number of rotatable bonds is 7. The van der Waals surface area contributed by atoms with Gasteiger partial charge in [0.2, 0.25) is 5.91 Å². The van der Waals surface area contributed by atoms with E-state index in [0.717, 1.165) is 24.3 Å².